The van der Waals surface area contributed by atoms with Gasteiger partial charge in [-0.15, -0.1) is 12.6 Å². The van der Waals surface area contributed by atoms with E-state index in [0.29, 0.717) is 11.5 Å². The molecule has 0 saturated heterocycles. The van der Waals surface area contributed by atoms with E-state index in [4.69, 9.17) is 5.11 Å². The summed E-state index contributed by atoms with van der Waals surface area (Å²) in [5.41, 5.74) is 2.67. The molecule has 2 aromatic rings. The molecule has 0 amide bonds. The van der Waals surface area contributed by atoms with E-state index in [1.807, 2.05) is 36.4 Å². The molecule has 0 aromatic heterocycles. The summed E-state index contributed by atoms with van der Waals surface area (Å²) in [5.74, 6) is 0.538. The number of ketones is 1. The third-order valence-electron chi connectivity index (χ3n) is 2.97. The number of aliphatic hydroxyl groups is 1. The number of benzene rings is 2. The lowest BCUT2D eigenvalue weighted by atomic mass is 9.98. The van der Waals surface area contributed by atoms with Crippen LogP contribution in [0.2, 0.25) is 0 Å². The monoisotopic (exact) mass is 302 g/mol. The Morgan fingerprint density at radius 1 is 1.00 bits per heavy atom. The number of rotatable bonds is 3. The summed E-state index contributed by atoms with van der Waals surface area (Å²) < 4.78 is 0. The third-order valence-corrected chi connectivity index (χ3v) is 3.27. The van der Waals surface area contributed by atoms with Gasteiger partial charge in [0, 0.05) is 22.6 Å². The fraction of sp³-hybridized carbons (Fsp3) is 0.278. The van der Waals surface area contributed by atoms with Gasteiger partial charge in [-0.05, 0) is 42.7 Å². The largest absolute Gasteiger partial charge is 0.397 e. The van der Waals surface area contributed by atoms with Gasteiger partial charge in [-0.25, -0.2) is 0 Å². The smallest absolute Gasteiger partial charge is 0.193 e. The first-order valence-electron chi connectivity index (χ1n) is 7.04. The van der Waals surface area contributed by atoms with Crippen molar-refractivity contribution in [3.05, 3.63) is 65.2 Å². The quantitative estimate of drug-likeness (QED) is 0.654. The van der Waals surface area contributed by atoms with Gasteiger partial charge in [-0.3, -0.25) is 4.79 Å². The maximum absolute atomic E-state index is 12.2. The molecule has 2 rings (SSSR count). The molecule has 0 saturated carbocycles. The van der Waals surface area contributed by atoms with Crippen molar-refractivity contribution in [1.29, 1.82) is 0 Å². The Kier molecular flexibility index (Phi) is 7.20. The zero-order valence-corrected chi connectivity index (χ0v) is 13.6. The first-order valence-corrected chi connectivity index (χ1v) is 7.48. The van der Waals surface area contributed by atoms with Gasteiger partial charge < -0.3 is 5.11 Å². The topological polar surface area (TPSA) is 37.3 Å². The van der Waals surface area contributed by atoms with E-state index in [9.17, 15) is 4.79 Å². The predicted molar refractivity (Wildman–Crippen MR) is 90.4 cm³/mol. The van der Waals surface area contributed by atoms with Gasteiger partial charge in [0.2, 0.25) is 0 Å². The maximum Gasteiger partial charge on any atom is 0.193 e. The second kappa shape index (κ2) is 8.65. The summed E-state index contributed by atoms with van der Waals surface area (Å²) in [6, 6.07) is 15.1. The first-order chi connectivity index (χ1) is 9.99. The molecule has 0 bridgehead atoms. The predicted octanol–water partition coefficient (Wildman–Crippen LogP) is 4.33. The van der Waals surface area contributed by atoms with Crippen LogP contribution in [0.15, 0.2) is 53.4 Å². The Labute approximate surface area is 132 Å². The Bertz CT molecular complexity index is 557. The molecule has 0 heterocycles. The lowest BCUT2D eigenvalue weighted by Crippen LogP contribution is -2.01. The number of carbonyl (C=O) groups excluding carboxylic acids is 1. The van der Waals surface area contributed by atoms with E-state index in [0.717, 1.165) is 10.5 Å². The van der Waals surface area contributed by atoms with Gasteiger partial charge in [0.1, 0.15) is 0 Å². The highest BCUT2D eigenvalue weighted by atomic mass is 32.1. The van der Waals surface area contributed by atoms with Crippen molar-refractivity contribution < 1.29 is 9.90 Å². The van der Waals surface area contributed by atoms with E-state index in [2.05, 4.69) is 26.5 Å². The molecule has 0 atom stereocenters. The Hall–Kier alpha value is -1.58. The van der Waals surface area contributed by atoms with Crippen molar-refractivity contribution >= 4 is 18.4 Å². The molecule has 0 unspecified atom stereocenters. The highest BCUT2D eigenvalue weighted by Gasteiger charge is 2.09. The van der Waals surface area contributed by atoms with Crippen molar-refractivity contribution in [3.63, 3.8) is 0 Å². The van der Waals surface area contributed by atoms with Crippen LogP contribution in [0, 0.1) is 0 Å². The fourth-order valence-corrected chi connectivity index (χ4v) is 1.95. The van der Waals surface area contributed by atoms with Gasteiger partial charge in [0.05, 0.1) is 0 Å². The normalized spacial score (nSPS) is 10.0. The number of aliphatic hydroxyl groups excluding tert-OH is 1. The van der Waals surface area contributed by atoms with E-state index < -0.39 is 0 Å². The molecule has 112 valence electrons. The molecule has 0 aliphatic carbocycles. The van der Waals surface area contributed by atoms with E-state index in [-0.39, 0.29) is 12.4 Å². The van der Waals surface area contributed by atoms with Crippen molar-refractivity contribution in [2.45, 2.75) is 31.6 Å². The number of carbonyl (C=O) groups is 1. The minimum atomic E-state index is 0.0543. The third kappa shape index (κ3) is 5.37. The lowest BCUT2D eigenvalue weighted by Gasteiger charge is -2.06. The average Bonchev–Trinajstić information content (AvgIpc) is 2.48. The van der Waals surface area contributed by atoms with Crippen molar-refractivity contribution in [3.8, 4) is 0 Å². The average molecular weight is 302 g/mol. The molecule has 3 heteroatoms. The highest BCUT2D eigenvalue weighted by molar-refractivity contribution is 7.80. The highest BCUT2D eigenvalue weighted by Crippen LogP contribution is 2.17. The van der Waals surface area contributed by atoms with E-state index >= 15 is 0 Å². The molecule has 1 N–H and O–H groups in total. The molecule has 2 nitrogen and oxygen atoms in total. The molecule has 21 heavy (non-hydrogen) atoms. The molecule has 0 aliphatic rings. The van der Waals surface area contributed by atoms with Crippen LogP contribution < -0.4 is 0 Å². The molecular weight excluding hydrogens is 280 g/mol. The van der Waals surface area contributed by atoms with Crippen LogP contribution in [0.1, 0.15) is 48.2 Å². The van der Waals surface area contributed by atoms with Gasteiger partial charge >= 0.3 is 0 Å². The lowest BCUT2D eigenvalue weighted by molar-refractivity contribution is 0.103. The molecular formula is C18H22O2S. The van der Waals surface area contributed by atoms with Crippen molar-refractivity contribution in [1.82, 2.24) is 0 Å². The van der Waals surface area contributed by atoms with Crippen LogP contribution in [0.5, 0.6) is 0 Å². The maximum atomic E-state index is 12.2. The summed E-state index contributed by atoms with van der Waals surface area (Å²) in [6.07, 6.45) is 0. The zero-order valence-electron chi connectivity index (χ0n) is 12.7. The first kappa shape index (κ1) is 17.5. The molecule has 0 aliphatic heterocycles. The fourth-order valence-electron chi connectivity index (χ4n) is 1.80. The van der Waals surface area contributed by atoms with Crippen LogP contribution in [0.25, 0.3) is 0 Å². The van der Waals surface area contributed by atoms with Crippen molar-refractivity contribution in [2.24, 2.45) is 0 Å². The number of hydrogen-bond donors (Lipinski definition) is 2. The molecule has 0 fully saturated rings. The number of thiol groups is 1. The Morgan fingerprint density at radius 3 is 1.76 bits per heavy atom. The van der Waals surface area contributed by atoms with Crippen LogP contribution in [-0.2, 0) is 0 Å². The van der Waals surface area contributed by atoms with E-state index in [1.54, 1.807) is 19.1 Å². The van der Waals surface area contributed by atoms with Crippen LogP contribution in [0.4, 0.5) is 0 Å². The van der Waals surface area contributed by atoms with E-state index in [1.165, 1.54) is 5.56 Å². The second-order valence-electron chi connectivity index (χ2n) is 4.97. The summed E-state index contributed by atoms with van der Waals surface area (Å²) >= 11 is 4.21. The number of hydrogen-bond acceptors (Lipinski definition) is 3. The van der Waals surface area contributed by atoms with Crippen LogP contribution >= 0.6 is 12.6 Å². The standard InChI is InChI=1S/C16H16OS.C2H6O/c1-11(2)12-3-5-13(6-4-12)16(17)14-7-9-15(18)10-8-14;1-2-3/h3-11,18H,1-2H3;3H,2H2,1H3. The van der Waals surface area contributed by atoms with Gasteiger partial charge in [-0.1, -0.05) is 38.1 Å². The van der Waals surface area contributed by atoms with Crippen molar-refractivity contribution in [2.75, 3.05) is 6.61 Å². The summed E-state index contributed by atoms with van der Waals surface area (Å²) in [4.78, 5) is 13.1. The molecule has 0 spiro atoms. The van der Waals surface area contributed by atoms with Crippen LogP contribution in [0.3, 0.4) is 0 Å². The minimum Gasteiger partial charge on any atom is -0.397 e. The zero-order chi connectivity index (χ0) is 15.8. The van der Waals surface area contributed by atoms with Crippen LogP contribution in [-0.4, -0.2) is 17.5 Å². The molecule has 2 aromatic carbocycles. The summed E-state index contributed by atoms with van der Waals surface area (Å²) in [7, 11) is 0. The second-order valence-corrected chi connectivity index (χ2v) is 5.49. The van der Waals surface area contributed by atoms with Gasteiger partial charge in [0.15, 0.2) is 5.78 Å². The van der Waals surface area contributed by atoms with Gasteiger partial charge in [-0.2, -0.15) is 0 Å². The Morgan fingerprint density at radius 2 is 1.38 bits per heavy atom. The molecule has 0 radical (unpaired) electrons. The summed E-state index contributed by atoms with van der Waals surface area (Å²) in [6.45, 7) is 6.21. The van der Waals surface area contributed by atoms with Gasteiger partial charge in [0.25, 0.3) is 0 Å². The Balaban J connectivity index is 0.000000677. The minimum absolute atomic E-state index is 0.0543. The summed E-state index contributed by atoms with van der Waals surface area (Å²) in [5, 5.41) is 7.57. The SMILES string of the molecule is CC(C)c1ccc(C(=O)c2ccc(S)cc2)cc1.CCO.